The number of hydrogen-bond donors (Lipinski definition) is 3. The molecule has 2 aliphatic rings. The molecule has 2 aromatic carbocycles. The number of fused-ring (bicyclic) bond motifs is 2. The van der Waals surface area contributed by atoms with Gasteiger partial charge in [0.1, 0.15) is 5.75 Å². The number of likely N-dealkylation sites (tertiary alicyclic amines) is 1. The second kappa shape index (κ2) is 9.91. The molecule has 3 N–H and O–H groups in total. The fraction of sp³-hybridized carbons (Fsp3) is 0.423. The van der Waals surface area contributed by atoms with Gasteiger partial charge in [0.2, 0.25) is 5.91 Å². The molecule has 198 valence electrons. The molecule has 0 spiro atoms. The lowest BCUT2D eigenvalue weighted by atomic mass is 9.72. The number of hydrogen-bond acceptors (Lipinski definition) is 4. The Bertz CT molecular complexity index is 1340. The lowest BCUT2D eigenvalue weighted by molar-refractivity contribution is -0.200. The Labute approximate surface area is 228 Å². The number of carbonyl (C=O) groups is 1. The summed E-state index contributed by atoms with van der Waals surface area (Å²) < 4.78 is 42.4. The maximum Gasteiger partial charge on any atom is 0.488 e. The topological polar surface area (TPSA) is 77.7 Å². The summed E-state index contributed by atoms with van der Waals surface area (Å²) in [5.41, 5.74) is 2.51. The molecule has 1 aliphatic carbocycles. The van der Waals surface area contributed by atoms with E-state index in [9.17, 15) is 28.2 Å². The molecule has 2 heterocycles. The van der Waals surface area contributed by atoms with Crippen molar-refractivity contribution in [1.29, 1.82) is 0 Å². The maximum absolute atomic E-state index is 13.7. The van der Waals surface area contributed by atoms with E-state index < -0.39 is 12.3 Å². The number of nitrogens with zero attached hydrogens (tertiary/aromatic N) is 2. The van der Waals surface area contributed by atoms with Crippen molar-refractivity contribution in [3.05, 3.63) is 62.2 Å². The van der Waals surface area contributed by atoms with Crippen molar-refractivity contribution in [3.63, 3.8) is 0 Å². The van der Waals surface area contributed by atoms with Gasteiger partial charge in [-0.05, 0) is 93.1 Å². The number of halogens is 5. The van der Waals surface area contributed by atoms with E-state index >= 15 is 0 Å². The average molecular weight is 645 g/mol. The highest BCUT2D eigenvalue weighted by molar-refractivity contribution is 9.11. The Hall–Kier alpha value is -2.08. The number of phenols is 1. The van der Waals surface area contributed by atoms with Crippen LogP contribution in [-0.2, 0) is 23.9 Å². The normalized spacial score (nSPS) is 22.6. The van der Waals surface area contributed by atoms with E-state index in [0.717, 1.165) is 11.1 Å². The third-order valence-electron chi connectivity index (χ3n) is 7.62. The number of aromatic nitrogens is 1. The monoisotopic (exact) mass is 643 g/mol. The Morgan fingerprint density at radius 1 is 1.24 bits per heavy atom. The van der Waals surface area contributed by atoms with Crippen molar-refractivity contribution >= 4 is 48.7 Å². The SMILES string of the molecule is CN1C[C@H](C(=O)NC(CO)Cc2cc(Br)c(O)c(Br)c2)CC2c3cccc4c3c(cn4C(F)(F)F)C[C@H]21. The van der Waals surface area contributed by atoms with Crippen molar-refractivity contribution < 1.29 is 28.2 Å². The minimum absolute atomic E-state index is 0.00608. The highest BCUT2D eigenvalue weighted by Gasteiger charge is 2.43. The molecule has 0 bridgehead atoms. The standard InChI is InChI=1S/C26H26Br2F3N3O3/c1-33-10-15(25(37)32-16(12-35)5-13-6-19(27)24(36)20(28)7-13)8-18-17-3-2-4-21-23(17)14(9-22(18)33)11-34(21)26(29,30)31/h2-4,6-7,11,15-16,18,22,35-36H,5,8-10,12H2,1H3,(H,32,37)/t15-,16?,18?,22-/m1/s1. The first-order chi connectivity index (χ1) is 17.5. The zero-order valence-electron chi connectivity index (χ0n) is 19.9. The molecule has 1 amide bonds. The number of amides is 1. The summed E-state index contributed by atoms with van der Waals surface area (Å²) in [7, 11) is 1.91. The molecule has 1 aromatic heterocycles. The zero-order chi connectivity index (χ0) is 26.6. The number of aromatic hydroxyl groups is 1. The minimum Gasteiger partial charge on any atom is -0.506 e. The fourth-order valence-corrected chi connectivity index (χ4v) is 7.23. The summed E-state index contributed by atoms with van der Waals surface area (Å²) in [4.78, 5) is 15.4. The molecule has 5 rings (SSSR count). The molecule has 4 atom stereocenters. The first-order valence-electron chi connectivity index (χ1n) is 12.0. The van der Waals surface area contributed by atoms with Crippen molar-refractivity contribution in [2.24, 2.45) is 5.92 Å². The van der Waals surface area contributed by atoms with Crippen molar-refractivity contribution in [1.82, 2.24) is 14.8 Å². The average Bonchev–Trinajstić information content (AvgIpc) is 3.23. The number of rotatable bonds is 5. The molecule has 0 radical (unpaired) electrons. The van der Waals surface area contributed by atoms with Gasteiger partial charge in [-0.1, -0.05) is 12.1 Å². The van der Waals surface area contributed by atoms with E-state index in [0.29, 0.717) is 50.3 Å². The summed E-state index contributed by atoms with van der Waals surface area (Å²) in [6, 6.07) is 7.99. The van der Waals surface area contributed by atoms with Crippen LogP contribution in [0.1, 0.15) is 29.0 Å². The number of aliphatic hydroxyl groups excluding tert-OH is 1. The molecule has 6 nitrogen and oxygen atoms in total. The highest BCUT2D eigenvalue weighted by Crippen LogP contribution is 2.46. The molecule has 1 aliphatic heterocycles. The number of likely N-dealkylation sites (N-methyl/N-ethyl adjacent to an activating group) is 1. The van der Waals surface area contributed by atoms with Gasteiger partial charge >= 0.3 is 6.30 Å². The number of alkyl halides is 3. The molecule has 1 fully saturated rings. The van der Waals surface area contributed by atoms with Crippen molar-refractivity contribution in [2.75, 3.05) is 20.2 Å². The largest absolute Gasteiger partial charge is 0.506 e. The van der Waals surface area contributed by atoms with Gasteiger partial charge in [-0.3, -0.25) is 9.36 Å². The number of carbonyl (C=O) groups excluding carboxylic acids is 1. The number of benzene rings is 2. The van der Waals surface area contributed by atoms with Gasteiger partial charge in [-0.25, -0.2) is 0 Å². The first kappa shape index (κ1) is 26.5. The Balaban J connectivity index is 1.37. The summed E-state index contributed by atoms with van der Waals surface area (Å²) in [6.07, 6.45) is -1.91. The molecule has 11 heteroatoms. The van der Waals surface area contributed by atoms with Crippen LogP contribution in [0.3, 0.4) is 0 Å². The van der Waals surface area contributed by atoms with E-state index in [1.165, 1.54) is 12.3 Å². The fourth-order valence-electron chi connectivity index (χ4n) is 5.95. The summed E-state index contributed by atoms with van der Waals surface area (Å²) in [6.45, 7) is 0.219. The molecule has 1 saturated heterocycles. The smallest absolute Gasteiger partial charge is 0.488 e. The molecular weight excluding hydrogens is 619 g/mol. The number of aliphatic hydroxyl groups is 1. The van der Waals surface area contributed by atoms with Gasteiger partial charge < -0.3 is 20.4 Å². The van der Waals surface area contributed by atoms with Crippen LogP contribution in [0.4, 0.5) is 13.2 Å². The van der Waals surface area contributed by atoms with E-state index in [4.69, 9.17) is 0 Å². The van der Waals surface area contributed by atoms with E-state index in [2.05, 4.69) is 42.1 Å². The van der Waals surface area contributed by atoms with Crippen LogP contribution in [0.15, 0.2) is 45.5 Å². The quantitative estimate of drug-likeness (QED) is 0.364. The second-order valence-electron chi connectivity index (χ2n) is 9.98. The molecule has 3 aromatic rings. The zero-order valence-corrected chi connectivity index (χ0v) is 23.1. The third kappa shape index (κ3) is 4.91. The van der Waals surface area contributed by atoms with E-state index in [1.54, 1.807) is 18.2 Å². The number of nitrogens with one attached hydrogen (secondary N) is 1. The van der Waals surface area contributed by atoms with Gasteiger partial charge in [-0.15, -0.1) is 13.2 Å². The molecule has 37 heavy (non-hydrogen) atoms. The summed E-state index contributed by atoms with van der Waals surface area (Å²) in [5.74, 6) is -0.567. The van der Waals surface area contributed by atoms with Crippen LogP contribution in [0.2, 0.25) is 0 Å². The second-order valence-corrected chi connectivity index (χ2v) is 11.7. The van der Waals surface area contributed by atoms with Gasteiger partial charge in [0.05, 0.1) is 33.0 Å². The third-order valence-corrected chi connectivity index (χ3v) is 8.82. The van der Waals surface area contributed by atoms with Crippen LogP contribution in [0.5, 0.6) is 5.75 Å². The van der Waals surface area contributed by atoms with Gasteiger partial charge in [0.25, 0.3) is 0 Å². The van der Waals surface area contributed by atoms with E-state index in [-0.39, 0.29) is 41.7 Å². The Kier molecular flexibility index (Phi) is 7.10. The number of phenolic OH excluding ortho intramolecular Hbond substituents is 1. The lowest BCUT2D eigenvalue weighted by Crippen LogP contribution is -2.53. The molecule has 2 unspecified atom stereocenters. The summed E-state index contributed by atoms with van der Waals surface area (Å²) >= 11 is 6.60. The van der Waals surface area contributed by atoms with Crippen LogP contribution in [-0.4, -0.2) is 57.9 Å². The molecule has 0 saturated carbocycles. The van der Waals surface area contributed by atoms with E-state index in [1.807, 2.05) is 13.1 Å². The van der Waals surface area contributed by atoms with Crippen LogP contribution < -0.4 is 5.32 Å². The van der Waals surface area contributed by atoms with Crippen molar-refractivity contribution in [3.8, 4) is 5.75 Å². The summed E-state index contributed by atoms with van der Waals surface area (Å²) in [5, 5.41) is 23.5. The van der Waals surface area contributed by atoms with Gasteiger partial charge in [0, 0.05) is 30.1 Å². The highest BCUT2D eigenvalue weighted by atomic mass is 79.9. The minimum atomic E-state index is -4.50. The van der Waals surface area contributed by atoms with Gasteiger partial charge in [-0.2, -0.15) is 0 Å². The predicted octanol–water partition coefficient (Wildman–Crippen LogP) is 5.03. The molecular formula is C26H26Br2F3N3O3. The van der Waals surface area contributed by atoms with Crippen LogP contribution in [0, 0.1) is 5.92 Å². The van der Waals surface area contributed by atoms with Gasteiger partial charge in [0.15, 0.2) is 0 Å². The first-order valence-corrected chi connectivity index (χ1v) is 13.5. The predicted molar refractivity (Wildman–Crippen MR) is 140 cm³/mol. The number of piperidine rings is 1. The maximum atomic E-state index is 13.7. The lowest BCUT2D eigenvalue weighted by Gasteiger charge is -2.45. The Morgan fingerprint density at radius 3 is 2.59 bits per heavy atom. The van der Waals surface area contributed by atoms with Crippen LogP contribution in [0.25, 0.3) is 10.9 Å². The van der Waals surface area contributed by atoms with Crippen LogP contribution >= 0.6 is 31.9 Å². The Morgan fingerprint density at radius 2 is 1.95 bits per heavy atom. The van der Waals surface area contributed by atoms with Crippen molar-refractivity contribution in [2.45, 2.75) is 43.6 Å².